The summed E-state index contributed by atoms with van der Waals surface area (Å²) in [6.45, 7) is 0. The number of fused-ring (bicyclic) bond motifs is 2. The quantitative estimate of drug-likeness (QED) is 0.366. The normalized spacial score (nSPS) is 12.9. The van der Waals surface area contributed by atoms with Crippen LogP contribution in [0.15, 0.2) is 60.9 Å². The van der Waals surface area contributed by atoms with Gasteiger partial charge in [0.15, 0.2) is 0 Å². The van der Waals surface area contributed by atoms with Gasteiger partial charge in [0.2, 0.25) is 0 Å². The van der Waals surface area contributed by atoms with Gasteiger partial charge >= 0.3 is 11.9 Å². The van der Waals surface area contributed by atoms with E-state index in [1.165, 1.54) is 0 Å². The summed E-state index contributed by atoms with van der Waals surface area (Å²) in [6, 6.07) is 14.1. The molecule has 0 unspecified atom stereocenters. The second-order valence-corrected chi connectivity index (χ2v) is 7.86. The van der Waals surface area contributed by atoms with Crippen LogP contribution in [0.2, 0.25) is 0 Å². The molecule has 4 rings (SSSR count). The molecule has 2 aromatic heterocycles. The monoisotopic (exact) mass is 436 g/mol. The van der Waals surface area contributed by atoms with Gasteiger partial charge in [-0.25, -0.2) is 0 Å². The number of aryl methyl sites for hydroxylation is 2. The molecule has 0 bridgehead atoms. The van der Waals surface area contributed by atoms with Crippen LogP contribution in [-0.4, -0.2) is 43.4 Å². The van der Waals surface area contributed by atoms with Crippen LogP contribution in [0.3, 0.4) is 0 Å². The first-order valence-corrected chi connectivity index (χ1v) is 10.2. The summed E-state index contributed by atoms with van der Waals surface area (Å²) in [6.07, 6.45) is 4.59. The third-order valence-corrected chi connectivity index (χ3v) is 5.47. The Kier molecular flexibility index (Phi) is 6.97. The maximum Gasteiger partial charge on any atom is 0.320 e. The predicted molar refractivity (Wildman–Crippen MR) is 124 cm³/mol. The molecule has 0 aliphatic heterocycles. The van der Waals surface area contributed by atoms with E-state index in [4.69, 9.17) is 21.7 Å². The molecule has 0 fully saturated rings. The number of hydrogen-bond acceptors (Lipinski definition) is 4. The Morgan fingerprint density at radius 1 is 0.750 bits per heavy atom. The zero-order valence-corrected chi connectivity index (χ0v) is 18.1. The van der Waals surface area contributed by atoms with E-state index >= 15 is 0 Å². The van der Waals surface area contributed by atoms with E-state index in [1.807, 2.05) is 84.2 Å². The van der Waals surface area contributed by atoms with Gasteiger partial charge in [0.05, 0.1) is 0 Å². The van der Waals surface area contributed by atoms with Crippen molar-refractivity contribution in [3.63, 3.8) is 0 Å². The number of aliphatic carboxylic acids is 2. The van der Waals surface area contributed by atoms with Crippen LogP contribution in [0.1, 0.15) is 11.1 Å². The van der Waals surface area contributed by atoms with Crippen molar-refractivity contribution in [3.05, 3.63) is 72.1 Å². The van der Waals surface area contributed by atoms with Crippen molar-refractivity contribution in [1.29, 1.82) is 0 Å². The summed E-state index contributed by atoms with van der Waals surface area (Å²) in [7, 11) is 3.89. The summed E-state index contributed by atoms with van der Waals surface area (Å²) in [4.78, 5) is 21.4. The summed E-state index contributed by atoms with van der Waals surface area (Å²) in [5.74, 6) is -1.93. The van der Waals surface area contributed by atoms with E-state index in [-0.39, 0.29) is 0 Å². The second-order valence-electron chi connectivity index (χ2n) is 7.86. The average Bonchev–Trinajstić information content (AvgIpc) is 3.25. The molecule has 2 heterocycles. The van der Waals surface area contributed by atoms with E-state index < -0.39 is 24.0 Å². The molecule has 0 saturated carbocycles. The van der Waals surface area contributed by atoms with Crippen LogP contribution in [0.5, 0.6) is 0 Å². The Morgan fingerprint density at radius 2 is 1.09 bits per heavy atom. The van der Waals surface area contributed by atoms with Crippen LogP contribution in [0.25, 0.3) is 21.8 Å². The highest BCUT2D eigenvalue weighted by Gasteiger charge is 2.16. The van der Waals surface area contributed by atoms with Crippen molar-refractivity contribution in [1.82, 2.24) is 9.13 Å². The standard InChI is InChI=1S/2C12H14N2O2/c2*1-14-7-8(6-10(13)12(15)16)9-4-2-3-5-11(9)14/h2*2-5,7,10H,6,13H2,1H3,(H,15,16)/t2*10-/m00/s1. The smallest absolute Gasteiger partial charge is 0.320 e. The minimum Gasteiger partial charge on any atom is -0.480 e. The lowest BCUT2D eigenvalue weighted by Gasteiger charge is -2.04. The molecule has 32 heavy (non-hydrogen) atoms. The lowest BCUT2D eigenvalue weighted by Crippen LogP contribution is -2.32. The topological polar surface area (TPSA) is 136 Å². The molecule has 0 saturated heterocycles. The van der Waals surface area contributed by atoms with Crippen LogP contribution >= 0.6 is 0 Å². The van der Waals surface area contributed by atoms with Crippen molar-refractivity contribution in [3.8, 4) is 0 Å². The molecule has 2 atom stereocenters. The van der Waals surface area contributed by atoms with E-state index in [0.717, 1.165) is 32.9 Å². The summed E-state index contributed by atoms with van der Waals surface area (Å²) < 4.78 is 3.97. The largest absolute Gasteiger partial charge is 0.480 e. The Hall–Kier alpha value is -3.62. The first-order valence-electron chi connectivity index (χ1n) is 10.2. The Bertz CT molecular complexity index is 1160. The molecular weight excluding hydrogens is 408 g/mol. The van der Waals surface area contributed by atoms with Crippen LogP contribution in [0.4, 0.5) is 0 Å². The maximum atomic E-state index is 10.7. The minimum atomic E-state index is -0.965. The highest BCUT2D eigenvalue weighted by molar-refractivity contribution is 5.86. The molecule has 8 heteroatoms. The van der Waals surface area contributed by atoms with Gasteiger partial charge in [-0.3, -0.25) is 9.59 Å². The molecule has 2 aromatic carbocycles. The van der Waals surface area contributed by atoms with Gasteiger partial charge in [0.1, 0.15) is 12.1 Å². The number of carboxylic acid groups (broad SMARTS) is 2. The number of rotatable bonds is 6. The lowest BCUT2D eigenvalue weighted by molar-refractivity contribution is -0.139. The molecule has 8 nitrogen and oxygen atoms in total. The predicted octanol–water partition coefficient (Wildman–Crippen LogP) is 2.27. The second kappa shape index (κ2) is 9.67. The molecule has 168 valence electrons. The van der Waals surface area contributed by atoms with Crippen molar-refractivity contribution < 1.29 is 19.8 Å². The Morgan fingerprint density at radius 3 is 1.44 bits per heavy atom. The number of para-hydroxylation sites is 2. The number of aromatic nitrogens is 2. The zero-order chi connectivity index (χ0) is 23.4. The molecule has 4 aromatic rings. The van der Waals surface area contributed by atoms with Crippen molar-refractivity contribution >= 4 is 33.7 Å². The van der Waals surface area contributed by atoms with Crippen LogP contribution < -0.4 is 11.5 Å². The van der Waals surface area contributed by atoms with Gasteiger partial charge in [-0.15, -0.1) is 0 Å². The summed E-state index contributed by atoms with van der Waals surface area (Å²) in [5, 5.41) is 19.7. The van der Waals surface area contributed by atoms with E-state index in [1.54, 1.807) is 0 Å². The molecule has 0 spiro atoms. The van der Waals surface area contributed by atoms with Gasteiger partial charge in [0.25, 0.3) is 0 Å². The molecule has 0 aliphatic rings. The fraction of sp³-hybridized carbons (Fsp3) is 0.250. The van der Waals surface area contributed by atoms with E-state index in [2.05, 4.69) is 0 Å². The molecule has 0 radical (unpaired) electrons. The average molecular weight is 437 g/mol. The lowest BCUT2D eigenvalue weighted by atomic mass is 10.1. The minimum absolute atomic E-state index is 0.358. The number of benzene rings is 2. The molecular formula is C24H28N4O4. The fourth-order valence-electron chi connectivity index (χ4n) is 3.82. The van der Waals surface area contributed by atoms with Gasteiger partial charge in [0, 0.05) is 61.1 Å². The summed E-state index contributed by atoms with van der Waals surface area (Å²) in [5.41, 5.74) is 15.2. The highest BCUT2D eigenvalue weighted by atomic mass is 16.4. The van der Waals surface area contributed by atoms with Crippen molar-refractivity contribution in [2.45, 2.75) is 24.9 Å². The number of carbonyl (C=O) groups is 2. The van der Waals surface area contributed by atoms with Gasteiger partial charge in [-0.2, -0.15) is 0 Å². The zero-order valence-electron chi connectivity index (χ0n) is 18.1. The first-order chi connectivity index (χ1) is 15.2. The fourth-order valence-corrected chi connectivity index (χ4v) is 3.82. The Labute approximate surface area is 185 Å². The SMILES string of the molecule is Cn1cc(C[C@H](N)C(=O)O)c2ccccc21.Cn1cc(C[C@H](N)C(=O)O)c2ccccc21. The third kappa shape index (κ3) is 4.99. The van der Waals surface area contributed by atoms with Gasteiger partial charge in [-0.1, -0.05) is 36.4 Å². The number of nitrogens with two attached hydrogens (primary N) is 2. The van der Waals surface area contributed by atoms with Crippen LogP contribution in [-0.2, 0) is 36.5 Å². The van der Waals surface area contributed by atoms with Gasteiger partial charge in [-0.05, 0) is 23.3 Å². The van der Waals surface area contributed by atoms with Crippen molar-refractivity contribution in [2.24, 2.45) is 25.6 Å². The maximum absolute atomic E-state index is 10.7. The number of hydrogen-bond donors (Lipinski definition) is 4. The number of nitrogens with zero attached hydrogens (tertiary/aromatic N) is 2. The molecule has 6 N–H and O–H groups in total. The van der Waals surface area contributed by atoms with E-state index in [0.29, 0.717) is 12.8 Å². The van der Waals surface area contributed by atoms with Gasteiger partial charge < -0.3 is 30.8 Å². The van der Waals surface area contributed by atoms with Crippen LogP contribution in [0, 0.1) is 0 Å². The summed E-state index contributed by atoms with van der Waals surface area (Å²) >= 11 is 0. The highest BCUT2D eigenvalue weighted by Crippen LogP contribution is 2.22. The third-order valence-electron chi connectivity index (χ3n) is 5.47. The first kappa shape index (κ1) is 23.1. The number of carboxylic acids is 2. The van der Waals surface area contributed by atoms with Crippen molar-refractivity contribution in [2.75, 3.05) is 0 Å². The van der Waals surface area contributed by atoms with E-state index in [9.17, 15) is 9.59 Å². The molecule has 0 amide bonds. The Balaban J connectivity index is 0.000000181. The molecule has 0 aliphatic carbocycles.